The monoisotopic (exact) mass is 373 g/mol. The van der Waals surface area contributed by atoms with Gasteiger partial charge < -0.3 is 14.5 Å². The number of nitrogens with zero attached hydrogens (tertiary/aromatic N) is 3. The van der Waals surface area contributed by atoms with Crippen LogP contribution < -0.4 is 0 Å². The minimum atomic E-state index is -0.443. The maximum Gasteiger partial charge on any atom is 0.409 e. The molecule has 0 aromatic heterocycles. The Hall–Kier alpha value is -2.90. The van der Waals surface area contributed by atoms with E-state index in [0.29, 0.717) is 43.9 Å². The average molecular weight is 373 g/mol. The van der Waals surface area contributed by atoms with Crippen molar-refractivity contribution >= 4 is 23.8 Å². The molecule has 27 heavy (non-hydrogen) atoms. The molecule has 2 aliphatic heterocycles. The maximum absolute atomic E-state index is 12.5. The second-order valence-electron chi connectivity index (χ2n) is 6.58. The van der Waals surface area contributed by atoms with Crippen molar-refractivity contribution in [2.45, 2.75) is 19.8 Å². The van der Waals surface area contributed by atoms with Gasteiger partial charge in [0.2, 0.25) is 5.91 Å². The smallest absolute Gasteiger partial charge is 0.409 e. The van der Waals surface area contributed by atoms with Gasteiger partial charge in [-0.05, 0) is 18.6 Å². The lowest BCUT2D eigenvalue weighted by Crippen LogP contribution is -2.53. The van der Waals surface area contributed by atoms with Gasteiger partial charge in [-0.3, -0.25) is 19.3 Å². The predicted octanol–water partition coefficient (Wildman–Crippen LogP) is 1.36. The first-order chi connectivity index (χ1) is 13.0. The zero-order chi connectivity index (χ0) is 19.4. The molecule has 4 amide bonds. The Morgan fingerprint density at radius 2 is 1.52 bits per heavy atom. The number of hydrogen-bond acceptors (Lipinski definition) is 5. The second-order valence-corrected chi connectivity index (χ2v) is 6.58. The van der Waals surface area contributed by atoms with Crippen molar-refractivity contribution in [3.63, 3.8) is 0 Å². The van der Waals surface area contributed by atoms with Gasteiger partial charge in [-0.2, -0.15) is 0 Å². The van der Waals surface area contributed by atoms with Crippen LogP contribution in [0, 0.1) is 0 Å². The van der Waals surface area contributed by atoms with E-state index in [1.165, 1.54) is 0 Å². The number of ether oxygens (including phenoxy) is 1. The van der Waals surface area contributed by atoms with Crippen molar-refractivity contribution in [2.24, 2.45) is 0 Å². The van der Waals surface area contributed by atoms with E-state index in [1.807, 2.05) is 6.92 Å². The molecule has 0 saturated carbocycles. The molecule has 0 bridgehead atoms. The summed E-state index contributed by atoms with van der Waals surface area (Å²) in [7, 11) is 0. The molecule has 3 rings (SSSR count). The molecule has 1 saturated heterocycles. The Bertz CT molecular complexity index is 720. The molecule has 0 spiro atoms. The van der Waals surface area contributed by atoms with Gasteiger partial charge in [0.25, 0.3) is 11.8 Å². The van der Waals surface area contributed by atoms with Crippen LogP contribution in [0.1, 0.15) is 40.5 Å². The van der Waals surface area contributed by atoms with Crippen LogP contribution >= 0.6 is 0 Å². The van der Waals surface area contributed by atoms with Gasteiger partial charge in [-0.1, -0.05) is 25.5 Å². The van der Waals surface area contributed by atoms with Crippen molar-refractivity contribution < 1.29 is 23.9 Å². The minimum Gasteiger partial charge on any atom is -0.449 e. The number of carbonyl (C=O) groups is 4. The van der Waals surface area contributed by atoms with Crippen LogP contribution in [0.15, 0.2) is 24.3 Å². The first-order valence-electron chi connectivity index (χ1n) is 9.17. The first kappa shape index (κ1) is 18.9. The summed E-state index contributed by atoms with van der Waals surface area (Å²) in [5.74, 6) is -1.19. The molecule has 8 nitrogen and oxygen atoms in total. The van der Waals surface area contributed by atoms with Crippen LogP contribution in [0.3, 0.4) is 0 Å². The molecule has 1 aromatic rings. The van der Waals surface area contributed by atoms with E-state index < -0.39 is 11.8 Å². The lowest BCUT2D eigenvalue weighted by atomic mass is 10.1. The highest BCUT2D eigenvalue weighted by Crippen LogP contribution is 2.22. The highest BCUT2D eigenvalue weighted by molar-refractivity contribution is 6.22. The van der Waals surface area contributed by atoms with Crippen molar-refractivity contribution in [3.05, 3.63) is 35.4 Å². The highest BCUT2D eigenvalue weighted by atomic mass is 16.6. The fourth-order valence-electron chi connectivity index (χ4n) is 3.15. The standard InChI is InChI=1S/C19H23N3O5/c1-2-3-12-27-19(26)21-10-8-20(9-11-21)16(23)13-22-17(24)14-6-4-5-7-15(14)18(22)25/h4-7H,2-3,8-13H2,1H3. The van der Waals surface area contributed by atoms with Crippen LogP contribution in [0.25, 0.3) is 0 Å². The maximum atomic E-state index is 12.5. The van der Waals surface area contributed by atoms with E-state index in [0.717, 1.165) is 17.7 Å². The molecule has 2 aliphatic rings. The van der Waals surface area contributed by atoms with E-state index in [9.17, 15) is 19.2 Å². The third-order valence-corrected chi connectivity index (χ3v) is 4.79. The second kappa shape index (κ2) is 8.20. The van der Waals surface area contributed by atoms with Gasteiger partial charge in [0.15, 0.2) is 0 Å². The zero-order valence-electron chi connectivity index (χ0n) is 15.3. The fourth-order valence-corrected chi connectivity index (χ4v) is 3.15. The predicted molar refractivity (Wildman–Crippen MR) is 96.2 cm³/mol. The Morgan fingerprint density at radius 1 is 0.963 bits per heavy atom. The molecular formula is C19H23N3O5. The number of rotatable bonds is 5. The number of piperazine rings is 1. The molecule has 0 unspecified atom stereocenters. The summed E-state index contributed by atoms with van der Waals surface area (Å²) in [6.45, 7) is 3.58. The number of imide groups is 1. The summed E-state index contributed by atoms with van der Waals surface area (Å²) in [6.07, 6.45) is 1.41. The van der Waals surface area contributed by atoms with Crippen molar-refractivity contribution in [1.82, 2.24) is 14.7 Å². The third-order valence-electron chi connectivity index (χ3n) is 4.79. The van der Waals surface area contributed by atoms with Gasteiger partial charge in [-0.15, -0.1) is 0 Å². The number of fused-ring (bicyclic) bond motifs is 1. The van der Waals surface area contributed by atoms with Crippen LogP contribution in [-0.4, -0.2) is 77.8 Å². The minimum absolute atomic E-state index is 0.284. The Labute approximate surface area is 157 Å². The number of hydrogen-bond donors (Lipinski definition) is 0. The van der Waals surface area contributed by atoms with Crippen LogP contribution in [-0.2, 0) is 9.53 Å². The molecule has 0 N–H and O–H groups in total. The van der Waals surface area contributed by atoms with E-state index in [-0.39, 0.29) is 18.5 Å². The molecule has 2 heterocycles. The SMILES string of the molecule is CCCCOC(=O)N1CCN(C(=O)CN2C(=O)c3ccccc3C2=O)CC1. The molecule has 1 fully saturated rings. The summed E-state index contributed by atoms with van der Waals surface area (Å²) in [5, 5.41) is 0. The van der Waals surface area contributed by atoms with Crippen LogP contribution in [0.4, 0.5) is 4.79 Å². The summed E-state index contributed by atoms with van der Waals surface area (Å²) < 4.78 is 5.18. The largest absolute Gasteiger partial charge is 0.449 e. The quantitative estimate of drug-likeness (QED) is 0.575. The third kappa shape index (κ3) is 3.94. The van der Waals surface area contributed by atoms with Gasteiger partial charge in [-0.25, -0.2) is 4.79 Å². The molecule has 0 atom stereocenters. The Kier molecular flexibility index (Phi) is 5.73. The van der Waals surface area contributed by atoms with Crippen LogP contribution in [0.5, 0.6) is 0 Å². The first-order valence-corrected chi connectivity index (χ1v) is 9.17. The van der Waals surface area contributed by atoms with E-state index in [1.54, 1.807) is 34.1 Å². The topological polar surface area (TPSA) is 87.2 Å². The highest BCUT2D eigenvalue weighted by Gasteiger charge is 2.37. The lowest BCUT2D eigenvalue weighted by Gasteiger charge is -2.34. The zero-order valence-corrected chi connectivity index (χ0v) is 15.3. The number of benzene rings is 1. The van der Waals surface area contributed by atoms with E-state index in [2.05, 4.69) is 0 Å². The number of amides is 4. The van der Waals surface area contributed by atoms with Gasteiger partial charge in [0.05, 0.1) is 17.7 Å². The summed E-state index contributed by atoms with van der Waals surface area (Å²) in [6, 6.07) is 6.55. The normalized spacial score (nSPS) is 16.6. The summed E-state index contributed by atoms with van der Waals surface area (Å²) >= 11 is 0. The van der Waals surface area contributed by atoms with Gasteiger partial charge in [0, 0.05) is 26.2 Å². The summed E-state index contributed by atoms with van der Waals surface area (Å²) in [4.78, 5) is 53.3. The molecule has 1 aromatic carbocycles. The Balaban J connectivity index is 1.51. The van der Waals surface area contributed by atoms with E-state index in [4.69, 9.17) is 4.74 Å². The lowest BCUT2D eigenvalue weighted by molar-refractivity contribution is -0.133. The molecule has 0 radical (unpaired) electrons. The van der Waals surface area contributed by atoms with Crippen LogP contribution in [0.2, 0.25) is 0 Å². The Morgan fingerprint density at radius 3 is 2.07 bits per heavy atom. The number of unbranched alkanes of at least 4 members (excludes halogenated alkanes) is 1. The average Bonchev–Trinajstić information content (AvgIpc) is 2.93. The molecule has 144 valence electrons. The van der Waals surface area contributed by atoms with Gasteiger partial charge in [0.1, 0.15) is 6.54 Å². The molecule has 8 heteroatoms. The number of carbonyl (C=O) groups excluding carboxylic acids is 4. The van der Waals surface area contributed by atoms with Gasteiger partial charge >= 0.3 is 6.09 Å². The van der Waals surface area contributed by atoms with Crippen molar-refractivity contribution in [1.29, 1.82) is 0 Å². The summed E-state index contributed by atoms with van der Waals surface area (Å²) in [5.41, 5.74) is 0.657. The molecule has 0 aliphatic carbocycles. The van der Waals surface area contributed by atoms with Crippen molar-refractivity contribution in [2.75, 3.05) is 39.3 Å². The fraction of sp³-hybridized carbons (Fsp3) is 0.474. The van der Waals surface area contributed by atoms with Crippen molar-refractivity contribution in [3.8, 4) is 0 Å². The molecular weight excluding hydrogens is 350 g/mol. The van der Waals surface area contributed by atoms with E-state index >= 15 is 0 Å².